The van der Waals surface area contributed by atoms with Gasteiger partial charge in [0.25, 0.3) is 0 Å². The lowest BCUT2D eigenvalue weighted by Crippen LogP contribution is -2.47. The number of rotatable bonds is 4. The van der Waals surface area contributed by atoms with Crippen LogP contribution in [-0.4, -0.2) is 36.0 Å². The molecule has 0 amide bonds. The minimum atomic E-state index is -3.50. The second kappa shape index (κ2) is 5.68. The number of aliphatic hydroxyl groups is 1. The zero-order valence-corrected chi connectivity index (χ0v) is 12.7. The first-order chi connectivity index (χ1) is 9.31. The van der Waals surface area contributed by atoms with Crippen LogP contribution in [0.25, 0.3) is 6.08 Å². The van der Waals surface area contributed by atoms with E-state index >= 15 is 0 Å². The summed E-state index contributed by atoms with van der Waals surface area (Å²) < 4.78 is 26.2. The van der Waals surface area contributed by atoms with E-state index in [1.54, 1.807) is 19.9 Å². The Bertz CT molecular complexity index is 573. The monoisotopic (exact) mass is 295 g/mol. The van der Waals surface area contributed by atoms with Crippen molar-refractivity contribution in [1.82, 2.24) is 4.31 Å². The smallest absolute Gasteiger partial charge is 0.236 e. The fourth-order valence-electron chi connectivity index (χ4n) is 2.56. The van der Waals surface area contributed by atoms with Crippen molar-refractivity contribution in [3.8, 4) is 0 Å². The number of benzene rings is 1. The molecule has 1 fully saturated rings. The first-order valence-electron chi connectivity index (χ1n) is 6.78. The van der Waals surface area contributed by atoms with E-state index < -0.39 is 15.6 Å². The molecule has 0 bridgehead atoms. The Kier molecular flexibility index (Phi) is 4.32. The molecule has 1 aromatic rings. The quantitative estimate of drug-likeness (QED) is 0.926. The predicted octanol–water partition coefficient (Wildman–Crippen LogP) is 2.22. The van der Waals surface area contributed by atoms with Crippen LogP contribution in [0.15, 0.2) is 35.7 Å². The van der Waals surface area contributed by atoms with E-state index in [0.29, 0.717) is 13.0 Å². The van der Waals surface area contributed by atoms with E-state index in [1.165, 1.54) is 9.71 Å². The molecule has 2 rings (SSSR count). The van der Waals surface area contributed by atoms with Crippen molar-refractivity contribution in [2.45, 2.75) is 38.3 Å². The van der Waals surface area contributed by atoms with Gasteiger partial charge < -0.3 is 5.11 Å². The van der Waals surface area contributed by atoms with Gasteiger partial charge in [0.2, 0.25) is 10.0 Å². The molecule has 0 aromatic heterocycles. The summed E-state index contributed by atoms with van der Waals surface area (Å²) in [6.45, 7) is 3.79. The highest BCUT2D eigenvalue weighted by atomic mass is 32.2. The second-order valence-electron chi connectivity index (χ2n) is 5.68. The van der Waals surface area contributed by atoms with Crippen molar-refractivity contribution in [3.63, 3.8) is 0 Å². The number of nitrogens with zero attached hydrogens (tertiary/aromatic N) is 1. The normalized spacial score (nSPS) is 21.6. The van der Waals surface area contributed by atoms with E-state index in [2.05, 4.69) is 0 Å². The molecule has 0 aliphatic carbocycles. The van der Waals surface area contributed by atoms with Gasteiger partial charge in [-0.3, -0.25) is 0 Å². The molecule has 4 nitrogen and oxygen atoms in total. The first-order valence-corrected chi connectivity index (χ1v) is 8.28. The van der Waals surface area contributed by atoms with Crippen molar-refractivity contribution in [2.24, 2.45) is 0 Å². The van der Waals surface area contributed by atoms with Crippen LogP contribution in [0.4, 0.5) is 0 Å². The molecule has 110 valence electrons. The zero-order chi connectivity index (χ0) is 14.8. The highest BCUT2D eigenvalue weighted by Crippen LogP contribution is 2.29. The summed E-state index contributed by atoms with van der Waals surface area (Å²) in [6, 6.07) is 8.96. The highest BCUT2D eigenvalue weighted by Gasteiger charge is 2.41. The van der Waals surface area contributed by atoms with E-state index in [0.717, 1.165) is 12.0 Å². The fraction of sp³-hybridized carbons (Fsp3) is 0.467. The Hall–Kier alpha value is -1.17. The maximum Gasteiger partial charge on any atom is 0.236 e. The van der Waals surface area contributed by atoms with Crippen molar-refractivity contribution < 1.29 is 13.5 Å². The molecule has 1 unspecified atom stereocenters. The third kappa shape index (κ3) is 3.48. The summed E-state index contributed by atoms with van der Waals surface area (Å²) in [7, 11) is -3.50. The van der Waals surface area contributed by atoms with Crippen LogP contribution in [0.1, 0.15) is 32.3 Å². The van der Waals surface area contributed by atoms with Crippen molar-refractivity contribution in [2.75, 3.05) is 6.54 Å². The van der Waals surface area contributed by atoms with Gasteiger partial charge in [0.1, 0.15) is 0 Å². The first kappa shape index (κ1) is 15.2. The summed E-state index contributed by atoms with van der Waals surface area (Å²) in [4.78, 5) is 0. The molecule has 20 heavy (non-hydrogen) atoms. The second-order valence-corrected chi connectivity index (χ2v) is 7.45. The minimum absolute atomic E-state index is 0.354. The topological polar surface area (TPSA) is 57.6 Å². The molecule has 0 radical (unpaired) electrons. The molecule has 1 saturated heterocycles. The average Bonchev–Trinajstić information content (AvgIpc) is 2.88. The summed E-state index contributed by atoms with van der Waals surface area (Å²) in [5, 5.41) is 11.3. The zero-order valence-electron chi connectivity index (χ0n) is 11.9. The molecule has 1 heterocycles. The van der Waals surface area contributed by atoms with Crippen LogP contribution in [0.5, 0.6) is 0 Å². The lowest BCUT2D eigenvalue weighted by atomic mass is 9.98. The Morgan fingerprint density at radius 2 is 1.95 bits per heavy atom. The Balaban J connectivity index is 2.20. The summed E-state index contributed by atoms with van der Waals surface area (Å²) in [6.07, 6.45) is 3.07. The number of sulfonamides is 1. The molecule has 1 aliphatic heterocycles. The fourth-order valence-corrected chi connectivity index (χ4v) is 4.14. The van der Waals surface area contributed by atoms with Gasteiger partial charge >= 0.3 is 0 Å². The standard InChI is InChI=1S/C15H21NO3S/c1-15(2,17)14-9-6-11-16(14)20(18,19)12-10-13-7-4-3-5-8-13/h3-5,7-8,10,12,14,17H,6,9,11H2,1-2H3/b12-10+. The molecule has 1 atom stereocenters. The van der Waals surface area contributed by atoms with E-state index in [4.69, 9.17) is 0 Å². The van der Waals surface area contributed by atoms with Crippen LogP contribution in [-0.2, 0) is 10.0 Å². The van der Waals surface area contributed by atoms with Gasteiger partial charge in [-0.1, -0.05) is 30.3 Å². The summed E-state index contributed by atoms with van der Waals surface area (Å²) in [5.41, 5.74) is -0.181. The minimum Gasteiger partial charge on any atom is -0.389 e. The third-order valence-electron chi connectivity index (χ3n) is 3.58. The molecule has 1 N–H and O–H groups in total. The van der Waals surface area contributed by atoms with Gasteiger partial charge in [-0.05, 0) is 38.3 Å². The molecule has 1 aliphatic rings. The van der Waals surface area contributed by atoms with Crippen LogP contribution in [0, 0.1) is 0 Å². The van der Waals surface area contributed by atoms with Gasteiger partial charge in [-0.25, -0.2) is 8.42 Å². The third-order valence-corrected chi connectivity index (χ3v) is 5.15. The Labute approximate surface area is 120 Å². The highest BCUT2D eigenvalue weighted by molar-refractivity contribution is 7.92. The number of hydrogen-bond donors (Lipinski definition) is 1. The van der Waals surface area contributed by atoms with Crippen molar-refractivity contribution >= 4 is 16.1 Å². The van der Waals surface area contributed by atoms with Gasteiger partial charge in [0.05, 0.1) is 11.6 Å². The van der Waals surface area contributed by atoms with E-state index in [1.807, 2.05) is 30.3 Å². The molecular formula is C15H21NO3S. The van der Waals surface area contributed by atoms with Crippen molar-refractivity contribution in [1.29, 1.82) is 0 Å². The van der Waals surface area contributed by atoms with Gasteiger partial charge in [0.15, 0.2) is 0 Å². The van der Waals surface area contributed by atoms with Crippen LogP contribution in [0.2, 0.25) is 0 Å². The Morgan fingerprint density at radius 3 is 2.55 bits per heavy atom. The van der Waals surface area contributed by atoms with Crippen LogP contribution in [0.3, 0.4) is 0 Å². The summed E-state index contributed by atoms with van der Waals surface area (Å²) >= 11 is 0. The largest absolute Gasteiger partial charge is 0.389 e. The average molecular weight is 295 g/mol. The molecule has 1 aromatic carbocycles. The lowest BCUT2D eigenvalue weighted by Gasteiger charge is -2.32. The van der Waals surface area contributed by atoms with Crippen molar-refractivity contribution in [3.05, 3.63) is 41.3 Å². The number of hydrogen-bond acceptors (Lipinski definition) is 3. The summed E-state index contributed by atoms with van der Waals surface area (Å²) in [5.74, 6) is 0. The molecule has 0 saturated carbocycles. The Morgan fingerprint density at radius 1 is 1.30 bits per heavy atom. The molecule has 5 heteroatoms. The van der Waals surface area contributed by atoms with E-state index in [-0.39, 0.29) is 6.04 Å². The van der Waals surface area contributed by atoms with E-state index in [9.17, 15) is 13.5 Å². The maximum absolute atomic E-state index is 12.4. The molecular weight excluding hydrogens is 274 g/mol. The van der Waals surface area contributed by atoms with Crippen LogP contribution < -0.4 is 0 Å². The molecule has 0 spiro atoms. The van der Waals surface area contributed by atoms with Gasteiger partial charge in [-0.15, -0.1) is 0 Å². The van der Waals surface area contributed by atoms with Gasteiger partial charge in [-0.2, -0.15) is 4.31 Å². The maximum atomic E-state index is 12.4. The lowest BCUT2D eigenvalue weighted by molar-refractivity contribution is 0.0218. The SMILES string of the molecule is CC(C)(O)C1CCCN1S(=O)(=O)/C=C/c1ccccc1. The van der Waals surface area contributed by atoms with Crippen LogP contribution >= 0.6 is 0 Å². The van der Waals surface area contributed by atoms with Gasteiger partial charge in [0, 0.05) is 12.0 Å². The predicted molar refractivity (Wildman–Crippen MR) is 80.4 cm³/mol.